The molecule has 1 saturated heterocycles. The lowest BCUT2D eigenvalue weighted by molar-refractivity contribution is -0.129. The number of nitrogen functional groups attached to an aromatic ring is 1. The van der Waals surface area contributed by atoms with Crippen LogP contribution >= 0.6 is 0 Å². The first kappa shape index (κ1) is 16.6. The maximum atomic E-state index is 13.0. The highest BCUT2D eigenvalue weighted by Gasteiger charge is 2.30. The number of carbonyl (C=O) groups excluding carboxylic acids is 2. The molecule has 0 unspecified atom stereocenters. The number of rotatable bonds is 1. The predicted molar refractivity (Wildman–Crippen MR) is 87.3 cm³/mol. The third-order valence-corrected chi connectivity index (χ3v) is 4.64. The van der Waals surface area contributed by atoms with Crippen LogP contribution in [-0.2, 0) is 17.6 Å². The van der Waals surface area contributed by atoms with Crippen LogP contribution in [0.15, 0.2) is 0 Å². The Morgan fingerprint density at radius 1 is 1.12 bits per heavy atom. The molecular formula is C16H23N5O3. The van der Waals surface area contributed by atoms with E-state index in [2.05, 4.69) is 9.97 Å². The van der Waals surface area contributed by atoms with Gasteiger partial charge < -0.3 is 20.6 Å². The highest BCUT2D eigenvalue weighted by atomic mass is 16.3. The van der Waals surface area contributed by atoms with E-state index in [1.165, 1.54) is 6.92 Å². The average molecular weight is 333 g/mol. The van der Waals surface area contributed by atoms with Gasteiger partial charge in [0.15, 0.2) is 0 Å². The van der Waals surface area contributed by atoms with Crippen LogP contribution in [0.25, 0.3) is 0 Å². The number of hydrogen-bond donors (Lipinski definition) is 2. The maximum absolute atomic E-state index is 13.0. The molecule has 24 heavy (non-hydrogen) atoms. The minimum atomic E-state index is -0.768. The van der Waals surface area contributed by atoms with E-state index < -0.39 is 6.10 Å². The molecule has 1 atom stereocenters. The molecule has 8 nitrogen and oxygen atoms in total. The maximum Gasteiger partial charge on any atom is 0.273 e. The molecule has 1 fully saturated rings. The second kappa shape index (κ2) is 6.72. The minimum Gasteiger partial charge on any atom is -0.389 e. The van der Waals surface area contributed by atoms with Crippen molar-refractivity contribution in [2.75, 3.05) is 31.9 Å². The number of aliphatic hydroxyl groups excluding tert-OH is 1. The van der Waals surface area contributed by atoms with E-state index in [1.807, 2.05) is 0 Å². The molecule has 1 aliphatic carbocycles. The Morgan fingerprint density at radius 3 is 2.54 bits per heavy atom. The molecule has 2 aliphatic rings. The van der Waals surface area contributed by atoms with Crippen molar-refractivity contribution in [1.29, 1.82) is 0 Å². The smallest absolute Gasteiger partial charge is 0.273 e. The van der Waals surface area contributed by atoms with Gasteiger partial charge in [-0.3, -0.25) is 9.59 Å². The first-order chi connectivity index (χ1) is 11.5. The molecule has 0 radical (unpaired) electrons. The van der Waals surface area contributed by atoms with Gasteiger partial charge in [0.05, 0.1) is 6.10 Å². The molecule has 1 aromatic rings. The Morgan fingerprint density at radius 2 is 1.79 bits per heavy atom. The van der Waals surface area contributed by atoms with Crippen molar-refractivity contribution in [3.63, 3.8) is 0 Å². The van der Waals surface area contributed by atoms with E-state index >= 15 is 0 Å². The third kappa shape index (κ3) is 3.33. The number of anilines is 1. The van der Waals surface area contributed by atoms with Crippen LogP contribution in [0.4, 0.5) is 5.95 Å². The Labute approximate surface area is 140 Å². The Kier molecular flexibility index (Phi) is 4.66. The van der Waals surface area contributed by atoms with E-state index in [-0.39, 0.29) is 30.9 Å². The highest BCUT2D eigenvalue weighted by Crippen LogP contribution is 2.24. The summed E-state index contributed by atoms with van der Waals surface area (Å²) in [5.41, 5.74) is 7.86. The van der Waals surface area contributed by atoms with Crippen molar-refractivity contribution in [3.8, 4) is 0 Å². The molecule has 0 spiro atoms. The number of aliphatic hydroxyl groups is 1. The third-order valence-electron chi connectivity index (χ3n) is 4.64. The van der Waals surface area contributed by atoms with Crippen LogP contribution in [-0.4, -0.2) is 69.0 Å². The van der Waals surface area contributed by atoms with Crippen LogP contribution in [0.3, 0.4) is 0 Å². The van der Waals surface area contributed by atoms with Gasteiger partial charge in [0.1, 0.15) is 5.69 Å². The van der Waals surface area contributed by atoms with Crippen molar-refractivity contribution in [3.05, 3.63) is 17.0 Å². The molecule has 8 heteroatoms. The van der Waals surface area contributed by atoms with Crippen molar-refractivity contribution in [2.45, 2.75) is 38.7 Å². The number of fused-ring (bicyclic) bond motifs is 1. The minimum absolute atomic E-state index is 0.105. The summed E-state index contributed by atoms with van der Waals surface area (Å²) < 4.78 is 0. The Bertz CT molecular complexity index is 663. The predicted octanol–water partition coefficient (Wildman–Crippen LogP) is -0.397. The summed E-state index contributed by atoms with van der Waals surface area (Å²) in [6.07, 6.45) is 2.85. The lowest BCUT2D eigenvalue weighted by Gasteiger charge is -2.24. The van der Waals surface area contributed by atoms with Gasteiger partial charge in [-0.2, -0.15) is 0 Å². The lowest BCUT2D eigenvalue weighted by atomic mass is 9.94. The summed E-state index contributed by atoms with van der Waals surface area (Å²) >= 11 is 0. The van der Waals surface area contributed by atoms with Gasteiger partial charge in [-0.1, -0.05) is 0 Å². The van der Waals surface area contributed by atoms with Gasteiger partial charge in [0.25, 0.3) is 5.91 Å². The molecule has 3 rings (SSSR count). The summed E-state index contributed by atoms with van der Waals surface area (Å²) in [7, 11) is 0. The molecule has 2 amide bonds. The quantitative estimate of drug-likeness (QED) is 0.723. The number of aromatic nitrogens is 2. The van der Waals surface area contributed by atoms with E-state index in [4.69, 9.17) is 5.73 Å². The number of hydrogen-bond acceptors (Lipinski definition) is 6. The average Bonchev–Trinajstić information content (AvgIpc) is 2.75. The van der Waals surface area contributed by atoms with Gasteiger partial charge in [-0.25, -0.2) is 9.97 Å². The van der Waals surface area contributed by atoms with Crippen molar-refractivity contribution in [2.24, 2.45) is 0 Å². The van der Waals surface area contributed by atoms with Gasteiger partial charge >= 0.3 is 0 Å². The zero-order valence-electron chi connectivity index (χ0n) is 13.9. The molecule has 1 aromatic heterocycles. The van der Waals surface area contributed by atoms with Crippen molar-refractivity contribution in [1.82, 2.24) is 19.8 Å². The summed E-state index contributed by atoms with van der Waals surface area (Å²) in [4.78, 5) is 36.1. The SMILES string of the molecule is CC(=O)N1CCN(C(=O)c2nc(N)nc3c2CCCC3)C[C@H](O)C1. The molecule has 1 aliphatic heterocycles. The fraction of sp³-hybridized carbons (Fsp3) is 0.625. The van der Waals surface area contributed by atoms with Gasteiger partial charge in [-0.05, 0) is 25.7 Å². The molecule has 130 valence electrons. The van der Waals surface area contributed by atoms with E-state index in [0.29, 0.717) is 18.8 Å². The number of nitrogens with zero attached hydrogens (tertiary/aromatic N) is 4. The van der Waals surface area contributed by atoms with E-state index in [9.17, 15) is 14.7 Å². The molecule has 2 heterocycles. The molecule has 0 saturated carbocycles. The van der Waals surface area contributed by atoms with Gasteiger partial charge in [0, 0.05) is 44.4 Å². The Balaban J connectivity index is 1.86. The van der Waals surface area contributed by atoms with Crippen LogP contribution in [0.2, 0.25) is 0 Å². The van der Waals surface area contributed by atoms with Crippen LogP contribution < -0.4 is 5.73 Å². The fourth-order valence-electron chi connectivity index (χ4n) is 3.40. The highest BCUT2D eigenvalue weighted by molar-refractivity contribution is 5.94. The number of β-amino-alcohol motifs (C(OH)–C–C–N with tert-alkyl or cyclic N) is 1. The lowest BCUT2D eigenvalue weighted by Crippen LogP contribution is -2.39. The summed E-state index contributed by atoms with van der Waals surface area (Å²) in [5, 5.41) is 10.1. The number of aryl methyl sites for hydroxylation is 1. The largest absolute Gasteiger partial charge is 0.389 e. The zero-order chi connectivity index (χ0) is 17.3. The number of nitrogens with two attached hydrogens (primary N) is 1. The topological polar surface area (TPSA) is 113 Å². The van der Waals surface area contributed by atoms with Gasteiger partial charge in [-0.15, -0.1) is 0 Å². The first-order valence-corrected chi connectivity index (χ1v) is 8.34. The fourth-order valence-corrected chi connectivity index (χ4v) is 3.40. The van der Waals surface area contributed by atoms with Gasteiger partial charge in [0.2, 0.25) is 11.9 Å². The van der Waals surface area contributed by atoms with Crippen molar-refractivity contribution < 1.29 is 14.7 Å². The molecular weight excluding hydrogens is 310 g/mol. The molecule has 3 N–H and O–H groups in total. The van der Waals surface area contributed by atoms with Crippen LogP contribution in [0.1, 0.15) is 41.5 Å². The van der Waals surface area contributed by atoms with E-state index in [1.54, 1.807) is 9.80 Å². The number of amides is 2. The Hall–Kier alpha value is -2.22. The first-order valence-electron chi connectivity index (χ1n) is 8.34. The zero-order valence-corrected chi connectivity index (χ0v) is 13.9. The summed E-state index contributed by atoms with van der Waals surface area (Å²) in [6, 6.07) is 0. The second-order valence-corrected chi connectivity index (χ2v) is 6.43. The molecule has 0 bridgehead atoms. The standard InChI is InChI=1S/C16H23N5O3/c1-10(22)20-6-7-21(9-11(23)8-20)15(24)14-12-4-2-3-5-13(12)18-16(17)19-14/h11,23H,2-9H2,1H3,(H2,17,18,19)/t11-/m1/s1. The molecule has 0 aromatic carbocycles. The van der Waals surface area contributed by atoms with E-state index in [0.717, 1.165) is 36.9 Å². The number of carbonyl (C=O) groups is 2. The second-order valence-electron chi connectivity index (χ2n) is 6.43. The summed E-state index contributed by atoms with van der Waals surface area (Å²) in [5.74, 6) is -0.238. The monoisotopic (exact) mass is 333 g/mol. The van der Waals surface area contributed by atoms with Crippen LogP contribution in [0.5, 0.6) is 0 Å². The van der Waals surface area contributed by atoms with Crippen LogP contribution in [0, 0.1) is 0 Å². The summed E-state index contributed by atoms with van der Waals surface area (Å²) in [6.45, 7) is 2.66. The van der Waals surface area contributed by atoms with Crippen molar-refractivity contribution >= 4 is 17.8 Å². The normalized spacial score (nSPS) is 21.2.